The number of likely N-dealkylation sites (tertiary alicyclic amines) is 1. The molecule has 0 spiro atoms. The van der Waals surface area contributed by atoms with E-state index in [0.717, 1.165) is 6.42 Å². The lowest BCUT2D eigenvalue weighted by molar-refractivity contribution is -0.123. The Bertz CT molecular complexity index is 562. The Kier molecular flexibility index (Phi) is 4.77. The average molecular weight is 311 g/mol. The third kappa shape index (κ3) is 3.50. The van der Waals surface area contributed by atoms with Crippen molar-refractivity contribution >= 4 is 23.4 Å². The van der Waals surface area contributed by atoms with E-state index in [1.54, 1.807) is 4.90 Å². The summed E-state index contributed by atoms with van der Waals surface area (Å²) in [7, 11) is 0. The summed E-state index contributed by atoms with van der Waals surface area (Å²) in [6.45, 7) is 4.80. The van der Waals surface area contributed by atoms with Crippen LogP contribution in [0.1, 0.15) is 48.9 Å². The van der Waals surface area contributed by atoms with E-state index in [0.29, 0.717) is 25.3 Å². The van der Waals surface area contributed by atoms with Crippen LogP contribution in [-0.2, 0) is 4.79 Å². The number of nitrogens with zero attached hydrogens (tertiary/aromatic N) is 3. The topological polar surface area (TPSA) is 89.2 Å². The molecule has 1 aliphatic rings. The van der Waals surface area contributed by atoms with Gasteiger partial charge in [-0.2, -0.15) is 0 Å². The van der Waals surface area contributed by atoms with Crippen molar-refractivity contribution < 1.29 is 9.59 Å². The lowest BCUT2D eigenvalue weighted by Crippen LogP contribution is -2.44. The highest BCUT2D eigenvalue weighted by Crippen LogP contribution is 2.22. The number of hydrogen-bond acceptors (Lipinski definition) is 4. The van der Waals surface area contributed by atoms with E-state index in [-0.39, 0.29) is 34.4 Å². The van der Waals surface area contributed by atoms with Crippen LogP contribution in [-0.4, -0.2) is 39.8 Å². The highest BCUT2D eigenvalue weighted by molar-refractivity contribution is 6.33. The summed E-state index contributed by atoms with van der Waals surface area (Å²) in [4.78, 5) is 33.8. The third-order valence-corrected chi connectivity index (χ3v) is 3.87. The molecule has 1 aromatic heterocycles. The van der Waals surface area contributed by atoms with Crippen LogP contribution >= 0.6 is 11.6 Å². The molecule has 1 aliphatic heterocycles. The van der Waals surface area contributed by atoms with Gasteiger partial charge in [0.05, 0.1) is 17.1 Å². The number of hydrogen-bond donors (Lipinski definition) is 1. The van der Waals surface area contributed by atoms with Crippen LogP contribution in [0.25, 0.3) is 0 Å². The summed E-state index contributed by atoms with van der Waals surface area (Å²) in [6, 6.07) is 0. The van der Waals surface area contributed by atoms with E-state index < -0.39 is 0 Å². The molecular weight excluding hydrogens is 292 g/mol. The van der Waals surface area contributed by atoms with Crippen molar-refractivity contribution in [3.05, 3.63) is 22.7 Å². The smallest absolute Gasteiger partial charge is 0.274 e. The first-order valence-electron chi connectivity index (χ1n) is 7.01. The van der Waals surface area contributed by atoms with Gasteiger partial charge in [-0.15, -0.1) is 0 Å². The van der Waals surface area contributed by atoms with Crippen LogP contribution in [0, 0.1) is 5.92 Å². The molecular formula is C14H19ClN4O2. The van der Waals surface area contributed by atoms with E-state index in [9.17, 15) is 9.59 Å². The summed E-state index contributed by atoms with van der Waals surface area (Å²) >= 11 is 6.05. The Morgan fingerprint density at radius 2 is 2.19 bits per heavy atom. The Morgan fingerprint density at radius 1 is 1.48 bits per heavy atom. The minimum absolute atomic E-state index is 0.105. The fourth-order valence-electron chi connectivity index (χ4n) is 2.35. The number of halogens is 1. The second-order valence-corrected chi connectivity index (χ2v) is 5.98. The van der Waals surface area contributed by atoms with Gasteiger partial charge in [-0.1, -0.05) is 25.4 Å². The lowest BCUT2D eigenvalue weighted by Gasteiger charge is -2.31. The zero-order valence-electron chi connectivity index (χ0n) is 12.2. The van der Waals surface area contributed by atoms with Gasteiger partial charge in [0.1, 0.15) is 5.82 Å². The molecule has 114 valence electrons. The molecule has 0 aliphatic carbocycles. The van der Waals surface area contributed by atoms with Crippen LogP contribution in [0.3, 0.4) is 0 Å². The molecule has 2 amide bonds. The normalized spacial score (nSPS) is 18.9. The maximum absolute atomic E-state index is 12.6. The predicted octanol–water partition coefficient (Wildman–Crippen LogP) is 1.59. The van der Waals surface area contributed by atoms with E-state index in [2.05, 4.69) is 9.97 Å². The second kappa shape index (κ2) is 6.39. The van der Waals surface area contributed by atoms with Crippen LogP contribution in [0.5, 0.6) is 0 Å². The fourth-order valence-corrected chi connectivity index (χ4v) is 2.52. The first-order chi connectivity index (χ1) is 9.90. The van der Waals surface area contributed by atoms with Gasteiger partial charge in [-0.05, 0) is 12.8 Å². The maximum Gasteiger partial charge on any atom is 0.274 e. The van der Waals surface area contributed by atoms with Gasteiger partial charge in [0, 0.05) is 19.0 Å². The Labute approximate surface area is 128 Å². The van der Waals surface area contributed by atoms with E-state index in [4.69, 9.17) is 17.3 Å². The van der Waals surface area contributed by atoms with Gasteiger partial charge in [-0.25, -0.2) is 9.97 Å². The second-order valence-electron chi connectivity index (χ2n) is 5.57. The third-order valence-electron chi connectivity index (χ3n) is 3.59. The number of carbonyl (C=O) groups is 2. The van der Waals surface area contributed by atoms with E-state index in [1.807, 2.05) is 13.8 Å². The molecule has 0 bridgehead atoms. The van der Waals surface area contributed by atoms with E-state index in [1.165, 1.54) is 6.20 Å². The van der Waals surface area contributed by atoms with Gasteiger partial charge in [0.25, 0.3) is 5.91 Å². The minimum atomic E-state index is -0.371. The highest BCUT2D eigenvalue weighted by atomic mass is 35.5. The monoisotopic (exact) mass is 310 g/mol. The molecule has 1 fully saturated rings. The summed E-state index contributed by atoms with van der Waals surface area (Å²) in [6.07, 6.45) is 2.92. The molecule has 2 rings (SSSR count). The quantitative estimate of drug-likeness (QED) is 0.918. The Hall–Kier alpha value is -1.69. The molecule has 0 radical (unpaired) electrons. The molecule has 2 N–H and O–H groups in total. The Morgan fingerprint density at radius 3 is 2.81 bits per heavy atom. The minimum Gasteiger partial charge on any atom is -0.369 e. The molecule has 1 unspecified atom stereocenters. The number of piperidine rings is 1. The van der Waals surface area contributed by atoms with Crippen molar-refractivity contribution in [3.8, 4) is 0 Å². The number of carbonyl (C=O) groups excluding carboxylic acids is 2. The van der Waals surface area contributed by atoms with Gasteiger partial charge in [0.15, 0.2) is 5.69 Å². The number of rotatable bonds is 3. The maximum atomic E-state index is 12.6. The summed E-state index contributed by atoms with van der Waals surface area (Å²) in [5.74, 6) is -0.257. The first kappa shape index (κ1) is 15.7. The van der Waals surface area contributed by atoms with Crippen LogP contribution in [0.4, 0.5) is 0 Å². The summed E-state index contributed by atoms with van der Waals surface area (Å²) in [5, 5.41) is 0.227. The van der Waals surface area contributed by atoms with Crippen LogP contribution < -0.4 is 5.73 Å². The van der Waals surface area contributed by atoms with E-state index >= 15 is 0 Å². The van der Waals surface area contributed by atoms with Crippen molar-refractivity contribution in [1.29, 1.82) is 0 Å². The molecule has 0 aromatic carbocycles. The zero-order chi connectivity index (χ0) is 15.6. The first-order valence-corrected chi connectivity index (χ1v) is 7.39. The molecule has 1 aromatic rings. The molecule has 7 heteroatoms. The van der Waals surface area contributed by atoms with Crippen molar-refractivity contribution in [3.63, 3.8) is 0 Å². The number of primary amides is 1. The highest BCUT2D eigenvalue weighted by Gasteiger charge is 2.29. The van der Waals surface area contributed by atoms with Crippen LogP contribution in [0.15, 0.2) is 6.20 Å². The number of amides is 2. The van der Waals surface area contributed by atoms with Crippen molar-refractivity contribution in [2.75, 3.05) is 13.1 Å². The SMILES string of the molecule is CC(C)c1ncc(Cl)c(C(=O)N2CCCC(C(N)=O)C2)n1. The van der Waals surface area contributed by atoms with Crippen molar-refractivity contribution in [2.45, 2.75) is 32.6 Å². The average Bonchev–Trinajstić information content (AvgIpc) is 2.47. The predicted molar refractivity (Wildman–Crippen MR) is 79.0 cm³/mol. The largest absolute Gasteiger partial charge is 0.369 e. The number of aromatic nitrogens is 2. The summed E-state index contributed by atoms with van der Waals surface area (Å²) < 4.78 is 0. The molecule has 21 heavy (non-hydrogen) atoms. The molecule has 2 heterocycles. The molecule has 6 nitrogen and oxygen atoms in total. The Balaban J connectivity index is 2.23. The fraction of sp³-hybridized carbons (Fsp3) is 0.571. The van der Waals surface area contributed by atoms with Crippen molar-refractivity contribution in [1.82, 2.24) is 14.9 Å². The summed E-state index contributed by atoms with van der Waals surface area (Å²) in [5.41, 5.74) is 5.53. The van der Waals surface area contributed by atoms with Gasteiger partial charge < -0.3 is 10.6 Å². The van der Waals surface area contributed by atoms with Gasteiger partial charge in [0.2, 0.25) is 5.91 Å². The van der Waals surface area contributed by atoms with Gasteiger partial charge in [-0.3, -0.25) is 9.59 Å². The zero-order valence-corrected chi connectivity index (χ0v) is 12.9. The number of nitrogens with two attached hydrogens (primary N) is 1. The van der Waals surface area contributed by atoms with Crippen molar-refractivity contribution in [2.24, 2.45) is 11.7 Å². The molecule has 0 saturated carbocycles. The van der Waals surface area contributed by atoms with Gasteiger partial charge >= 0.3 is 0 Å². The van der Waals surface area contributed by atoms with Crippen LogP contribution in [0.2, 0.25) is 5.02 Å². The molecule has 1 saturated heterocycles. The standard InChI is InChI=1S/C14H19ClN4O2/c1-8(2)13-17-6-10(15)11(18-13)14(21)19-5-3-4-9(7-19)12(16)20/h6,8-9H,3-5,7H2,1-2H3,(H2,16,20). The lowest BCUT2D eigenvalue weighted by atomic mass is 9.97. The molecule has 1 atom stereocenters.